The molecule has 0 aliphatic heterocycles. The first-order valence-electron chi connectivity index (χ1n) is 8.01. The van der Waals surface area contributed by atoms with Crippen molar-refractivity contribution in [1.82, 2.24) is 20.0 Å². The third-order valence-corrected chi connectivity index (χ3v) is 5.13. The largest absolute Gasteiger partial charge is 0.287 e. The first-order valence-corrected chi connectivity index (χ1v) is 9.50. The molecule has 0 saturated heterocycles. The average molecular weight is 408 g/mol. The van der Waals surface area contributed by atoms with Gasteiger partial charge in [0.25, 0.3) is 21.5 Å². The molecule has 0 atom stereocenters. The van der Waals surface area contributed by atoms with Gasteiger partial charge in [-0.05, 0) is 31.2 Å². The van der Waals surface area contributed by atoms with Crippen LogP contribution in [0.15, 0.2) is 52.2 Å². The normalized spacial score (nSPS) is 11.5. The third-order valence-electron chi connectivity index (χ3n) is 3.88. The zero-order chi connectivity index (χ0) is 20.5. The summed E-state index contributed by atoms with van der Waals surface area (Å²) in [5.41, 5.74) is 1.40. The summed E-state index contributed by atoms with van der Waals surface area (Å²) in [6, 6.07) is 8.22. The molecule has 3 aromatic rings. The zero-order valence-corrected chi connectivity index (χ0v) is 15.3. The van der Waals surface area contributed by atoms with Crippen molar-refractivity contribution in [2.45, 2.75) is 18.4 Å². The maximum atomic E-state index is 13.3. The molecular weight excluding hydrogens is 394 g/mol. The molecule has 0 spiro atoms. The Morgan fingerprint density at radius 3 is 2.43 bits per heavy atom. The van der Waals surface area contributed by atoms with E-state index in [-0.39, 0.29) is 23.0 Å². The Hall–Kier alpha value is -3.18. The molecule has 0 saturated carbocycles. The number of nitrogens with zero attached hydrogens (tertiary/aromatic N) is 2. The van der Waals surface area contributed by atoms with Crippen molar-refractivity contribution in [2.75, 3.05) is 0 Å². The molecule has 1 aromatic heterocycles. The second kappa shape index (κ2) is 7.44. The van der Waals surface area contributed by atoms with Crippen LogP contribution in [0.1, 0.15) is 17.4 Å². The number of hydrazine groups is 1. The van der Waals surface area contributed by atoms with Crippen LogP contribution >= 0.6 is 0 Å². The Morgan fingerprint density at radius 2 is 1.79 bits per heavy atom. The molecule has 146 valence electrons. The lowest BCUT2D eigenvalue weighted by Crippen LogP contribution is -2.42. The highest BCUT2D eigenvalue weighted by Crippen LogP contribution is 2.15. The van der Waals surface area contributed by atoms with E-state index in [0.29, 0.717) is 12.1 Å². The molecule has 3 rings (SSSR count). The number of hydrogen-bond acceptors (Lipinski definition) is 5. The number of aromatic nitrogens is 2. The van der Waals surface area contributed by atoms with Crippen molar-refractivity contribution in [3.63, 3.8) is 0 Å². The Kier molecular flexibility index (Phi) is 5.21. The molecule has 0 bridgehead atoms. The van der Waals surface area contributed by atoms with Crippen LogP contribution in [0.3, 0.4) is 0 Å². The van der Waals surface area contributed by atoms with Gasteiger partial charge in [-0.3, -0.25) is 15.0 Å². The summed E-state index contributed by atoms with van der Waals surface area (Å²) in [5.74, 6) is -3.48. The van der Waals surface area contributed by atoms with E-state index >= 15 is 0 Å². The van der Waals surface area contributed by atoms with Gasteiger partial charge in [0.15, 0.2) is 17.3 Å². The maximum absolute atomic E-state index is 13.3. The van der Waals surface area contributed by atoms with Crippen molar-refractivity contribution in [1.29, 1.82) is 0 Å². The number of carbonyl (C=O) groups is 1. The van der Waals surface area contributed by atoms with Gasteiger partial charge in [-0.2, -0.15) is 5.10 Å². The van der Waals surface area contributed by atoms with Crippen LogP contribution < -0.4 is 15.8 Å². The van der Waals surface area contributed by atoms with Gasteiger partial charge in [0, 0.05) is 11.9 Å². The molecule has 2 N–H and O–H groups in total. The zero-order valence-electron chi connectivity index (χ0n) is 14.4. The first kappa shape index (κ1) is 19.6. The van der Waals surface area contributed by atoms with E-state index < -0.39 is 38.0 Å². The summed E-state index contributed by atoms with van der Waals surface area (Å²) in [7, 11) is -4.36. The molecule has 0 unspecified atom stereocenters. The Labute approximate surface area is 157 Å². The predicted molar refractivity (Wildman–Crippen MR) is 95.8 cm³/mol. The SMILES string of the molecule is CCn1nc(C(=O)NNS(=O)(=O)c2ccc(F)c(F)c2)c2ccccc2c1=O. The molecule has 8 nitrogen and oxygen atoms in total. The van der Waals surface area contributed by atoms with Gasteiger partial charge in [0.1, 0.15) is 0 Å². The van der Waals surface area contributed by atoms with Crippen molar-refractivity contribution in [2.24, 2.45) is 0 Å². The van der Waals surface area contributed by atoms with Crippen LogP contribution in [-0.4, -0.2) is 24.1 Å². The highest BCUT2D eigenvalue weighted by Gasteiger charge is 2.20. The number of aryl methyl sites for hydroxylation is 1. The number of amides is 1. The fourth-order valence-electron chi connectivity index (χ4n) is 2.49. The lowest BCUT2D eigenvalue weighted by Gasteiger charge is -2.11. The second-order valence-electron chi connectivity index (χ2n) is 5.65. The molecule has 1 heterocycles. The Balaban J connectivity index is 1.92. The molecule has 2 aromatic carbocycles. The Morgan fingerprint density at radius 1 is 1.11 bits per heavy atom. The fraction of sp³-hybridized carbons (Fsp3) is 0.118. The van der Waals surface area contributed by atoms with Crippen LogP contribution in [-0.2, 0) is 16.6 Å². The molecule has 0 fully saturated rings. The summed E-state index contributed by atoms with van der Waals surface area (Å²) in [6.07, 6.45) is 0. The summed E-state index contributed by atoms with van der Waals surface area (Å²) in [6.45, 7) is 1.86. The highest BCUT2D eigenvalue weighted by atomic mass is 32.2. The third kappa shape index (κ3) is 3.62. The molecule has 11 heteroatoms. The molecule has 0 radical (unpaired) electrons. The minimum Gasteiger partial charge on any atom is -0.272 e. The van der Waals surface area contributed by atoms with Gasteiger partial charge in [-0.15, -0.1) is 4.83 Å². The lowest BCUT2D eigenvalue weighted by atomic mass is 10.1. The minimum absolute atomic E-state index is 0.176. The topological polar surface area (TPSA) is 110 Å². The molecule has 0 aliphatic rings. The van der Waals surface area contributed by atoms with E-state index in [9.17, 15) is 26.8 Å². The van der Waals surface area contributed by atoms with Gasteiger partial charge in [0.2, 0.25) is 0 Å². The van der Waals surface area contributed by atoms with Crippen molar-refractivity contribution in [3.05, 3.63) is 70.1 Å². The molecule has 1 amide bonds. The summed E-state index contributed by atoms with van der Waals surface area (Å²) >= 11 is 0. The van der Waals surface area contributed by atoms with Gasteiger partial charge < -0.3 is 0 Å². The summed E-state index contributed by atoms with van der Waals surface area (Å²) < 4.78 is 51.7. The quantitative estimate of drug-likeness (QED) is 0.619. The number of benzene rings is 2. The smallest absolute Gasteiger partial charge is 0.272 e. The predicted octanol–water partition coefficient (Wildman–Crippen LogP) is 1.32. The standard InChI is InChI=1S/C17H14F2N4O4S/c1-2-23-17(25)12-6-4-3-5-11(12)15(21-23)16(24)20-22-28(26,27)10-7-8-13(18)14(19)9-10/h3-9,22H,2H2,1H3,(H,20,24). The minimum atomic E-state index is -4.36. The lowest BCUT2D eigenvalue weighted by molar-refractivity contribution is 0.0939. The number of sulfonamides is 1. The van der Waals surface area contributed by atoms with Gasteiger partial charge in [-0.25, -0.2) is 21.9 Å². The van der Waals surface area contributed by atoms with E-state index in [2.05, 4.69) is 5.10 Å². The van der Waals surface area contributed by atoms with E-state index in [1.165, 1.54) is 12.1 Å². The van der Waals surface area contributed by atoms with Gasteiger partial charge >= 0.3 is 0 Å². The number of nitrogens with one attached hydrogen (secondary N) is 2. The van der Waals surface area contributed by atoms with E-state index in [4.69, 9.17) is 0 Å². The van der Waals surface area contributed by atoms with Crippen LogP contribution in [0, 0.1) is 11.6 Å². The van der Waals surface area contributed by atoms with Crippen molar-refractivity contribution in [3.8, 4) is 0 Å². The highest BCUT2D eigenvalue weighted by molar-refractivity contribution is 7.89. The van der Waals surface area contributed by atoms with Crippen LogP contribution in [0.5, 0.6) is 0 Å². The second-order valence-corrected chi connectivity index (χ2v) is 7.33. The monoisotopic (exact) mass is 408 g/mol. The first-order chi connectivity index (χ1) is 13.2. The fourth-order valence-corrected chi connectivity index (χ4v) is 3.34. The number of halogens is 2. The molecule has 0 aliphatic carbocycles. The average Bonchev–Trinajstić information content (AvgIpc) is 2.68. The Bertz CT molecular complexity index is 1240. The van der Waals surface area contributed by atoms with E-state index in [1.54, 1.807) is 23.9 Å². The van der Waals surface area contributed by atoms with Crippen molar-refractivity contribution >= 4 is 26.7 Å². The summed E-state index contributed by atoms with van der Waals surface area (Å²) in [4.78, 5) is 26.0. The summed E-state index contributed by atoms with van der Waals surface area (Å²) in [5, 5.41) is 4.45. The van der Waals surface area contributed by atoms with Crippen LogP contribution in [0.2, 0.25) is 0 Å². The van der Waals surface area contributed by atoms with E-state index in [1.807, 2.05) is 5.43 Å². The van der Waals surface area contributed by atoms with Gasteiger partial charge in [0.05, 0.1) is 10.3 Å². The number of fused-ring (bicyclic) bond motifs is 1. The number of hydrogen-bond donors (Lipinski definition) is 2. The maximum Gasteiger partial charge on any atom is 0.287 e. The number of rotatable bonds is 5. The van der Waals surface area contributed by atoms with Crippen molar-refractivity contribution < 1.29 is 22.0 Å². The van der Waals surface area contributed by atoms with E-state index in [0.717, 1.165) is 10.7 Å². The van der Waals surface area contributed by atoms with Crippen LogP contribution in [0.4, 0.5) is 8.78 Å². The molecular formula is C17H14F2N4O4S. The number of carbonyl (C=O) groups excluding carboxylic acids is 1. The van der Waals surface area contributed by atoms with Gasteiger partial charge in [-0.1, -0.05) is 18.2 Å². The van der Waals surface area contributed by atoms with Crippen LogP contribution in [0.25, 0.3) is 10.8 Å². The molecule has 28 heavy (non-hydrogen) atoms.